The molecule has 7 nitrogen and oxygen atoms in total. The van der Waals surface area contributed by atoms with E-state index in [-0.39, 0.29) is 30.3 Å². The van der Waals surface area contributed by atoms with Gasteiger partial charge in [-0.15, -0.1) is 0 Å². The molecule has 1 unspecified atom stereocenters. The van der Waals surface area contributed by atoms with E-state index in [2.05, 4.69) is 26.5 Å². The van der Waals surface area contributed by atoms with E-state index in [1.807, 2.05) is 20.8 Å². The van der Waals surface area contributed by atoms with Crippen molar-refractivity contribution in [2.24, 2.45) is 11.3 Å². The lowest BCUT2D eigenvalue weighted by molar-refractivity contribution is -0.870. The van der Waals surface area contributed by atoms with E-state index in [4.69, 9.17) is 4.74 Å². The maximum absolute atomic E-state index is 12.5. The van der Waals surface area contributed by atoms with Crippen molar-refractivity contribution in [3.8, 4) is 0 Å². The van der Waals surface area contributed by atoms with Crippen LogP contribution in [0.2, 0.25) is 0 Å². The van der Waals surface area contributed by atoms with E-state index >= 15 is 0 Å². The molecule has 162 valence electrons. The van der Waals surface area contributed by atoms with Crippen LogP contribution in [0.4, 0.5) is 0 Å². The Hall–Kier alpha value is -1.63. The number of likely N-dealkylation sites (tertiary alicyclic amines) is 1. The van der Waals surface area contributed by atoms with E-state index in [1.165, 1.54) is 0 Å². The third-order valence-electron chi connectivity index (χ3n) is 5.24. The average molecular weight is 399 g/mol. The first-order valence-corrected chi connectivity index (χ1v) is 10.5. The lowest BCUT2D eigenvalue weighted by atomic mass is 9.81. The van der Waals surface area contributed by atoms with Crippen molar-refractivity contribution in [2.75, 3.05) is 53.9 Å². The monoisotopic (exact) mass is 398 g/mol. The molecular formula is C21H40N3O4+. The number of amides is 2. The van der Waals surface area contributed by atoms with Crippen molar-refractivity contribution in [3.63, 3.8) is 0 Å². The van der Waals surface area contributed by atoms with Crippen LogP contribution >= 0.6 is 0 Å². The zero-order valence-electron chi connectivity index (χ0n) is 18.7. The van der Waals surface area contributed by atoms with Gasteiger partial charge in [0.15, 0.2) is 0 Å². The molecule has 0 aromatic carbocycles. The van der Waals surface area contributed by atoms with Crippen LogP contribution in [0.25, 0.3) is 0 Å². The van der Waals surface area contributed by atoms with Gasteiger partial charge >= 0.3 is 5.97 Å². The van der Waals surface area contributed by atoms with Crippen molar-refractivity contribution in [2.45, 2.75) is 52.9 Å². The first-order valence-electron chi connectivity index (χ1n) is 10.5. The van der Waals surface area contributed by atoms with Gasteiger partial charge in [0.05, 0.1) is 39.6 Å². The first-order chi connectivity index (χ1) is 13.0. The highest BCUT2D eigenvalue weighted by Crippen LogP contribution is 2.29. The molecule has 0 aliphatic carbocycles. The van der Waals surface area contributed by atoms with E-state index in [1.54, 1.807) is 4.90 Å². The number of esters is 1. The van der Waals surface area contributed by atoms with Crippen LogP contribution in [0, 0.1) is 11.3 Å². The Morgan fingerprint density at radius 1 is 1.29 bits per heavy atom. The van der Waals surface area contributed by atoms with Crippen molar-refractivity contribution in [1.29, 1.82) is 0 Å². The van der Waals surface area contributed by atoms with Crippen LogP contribution in [0.5, 0.6) is 0 Å². The smallest absolute Gasteiger partial charge is 0.311 e. The Bertz CT molecular complexity index is 540. The zero-order valence-corrected chi connectivity index (χ0v) is 18.7. The van der Waals surface area contributed by atoms with E-state index in [0.29, 0.717) is 32.4 Å². The highest BCUT2D eigenvalue weighted by atomic mass is 16.5. The molecule has 1 aliphatic rings. The minimum absolute atomic E-state index is 0.00690. The van der Waals surface area contributed by atoms with Crippen LogP contribution in [0.3, 0.4) is 0 Å². The number of carbonyl (C=O) groups is 3. The highest BCUT2D eigenvalue weighted by molar-refractivity contribution is 5.81. The molecule has 1 fully saturated rings. The van der Waals surface area contributed by atoms with Crippen LogP contribution in [-0.4, -0.2) is 81.1 Å². The molecule has 0 aromatic heterocycles. The summed E-state index contributed by atoms with van der Waals surface area (Å²) < 4.78 is 6.28. The minimum atomic E-state index is -0.741. The molecule has 0 bridgehead atoms. The number of ether oxygens (including phenoxy) is 1. The standard InChI is InChI=1S/C21H39N3O4/c1-7-17(19(26)22-11-9-14-24(4,5)6)16-21(2,3)20(27)28-15-13-23-12-8-10-18(23)25/h17H,7-16H2,1-6H3/p+1. The number of quaternary nitrogens is 1. The molecule has 2 amide bonds. The fourth-order valence-electron chi connectivity index (χ4n) is 3.42. The van der Waals surface area contributed by atoms with Gasteiger partial charge in [-0.05, 0) is 33.1 Å². The normalized spacial score (nSPS) is 16.2. The fraction of sp³-hybridized carbons (Fsp3) is 0.857. The summed E-state index contributed by atoms with van der Waals surface area (Å²) in [5.41, 5.74) is -0.741. The Labute approximate surface area is 170 Å². The lowest BCUT2D eigenvalue weighted by Crippen LogP contribution is -2.40. The maximum Gasteiger partial charge on any atom is 0.311 e. The van der Waals surface area contributed by atoms with Gasteiger partial charge in [-0.2, -0.15) is 0 Å². The molecular weight excluding hydrogens is 358 g/mol. The first kappa shape index (κ1) is 24.4. The lowest BCUT2D eigenvalue weighted by Gasteiger charge is -2.27. The molecule has 0 radical (unpaired) electrons. The van der Waals surface area contributed by atoms with Crippen LogP contribution in [0.15, 0.2) is 0 Å². The number of nitrogens with zero attached hydrogens (tertiary/aromatic N) is 2. The van der Waals surface area contributed by atoms with Crippen LogP contribution in [-0.2, 0) is 19.1 Å². The SMILES string of the molecule is CCC(CC(C)(C)C(=O)OCCN1CCCC1=O)C(=O)NCCC[N+](C)(C)C. The summed E-state index contributed by atoms with van der Waals surface area (Å²) in [6.07, 6.45) is 3.51. The maximum atomic E-state index is 12.5. The van der Waals surface area contributed by atoms with Crippen LogP contribution in [0.1, 0.15) is 52.9 Å². The number of nitrogens with one attached hydrogen (secondary N) is 1. The van der Waals surface area contributed by atoms with Crippen LogP contribution < -0.4 is 5.32 Å². The molecule has 1 aliphatic heterocycles. The molecule has 1 heterocycles. The average Bonchev–Trinajstić information content (AvgIpc) is 3.00. The second kappa shape index (κ2) is 10.8. The second-order valence-electron chi connectivity index (χ2n) is 9.47. The summed E-state index contributed by atoms with van der Waals surface area (Å²) in [6, 6.07) is 0. The van der Waals surface area contributed by atoms with Gasteiger partial charge in [-0.3, -0.25) is 14.4 Å². The van der Waals surface area contributed by atoms with Gasteiger partial charge in [0.1, 0.15) is 6.61 Å². The second-order valence-corrected chi connectivity index (χ2v) is 9.47. The van der Waals surface area contributed by atoms with Gasteiger partial charge in [0.2, 0.25) is 11.8 Å². The predicted octanol–water partition coefficient (Wildman–Crippen LogP) is 1.81. The fourth-order valence-corrected chi connectivity index (χ4v) is 3.42. The molecule has 0 aromatic rings. The summed E-state index contributed by atoms with van der Waals surface area (Å²) in [5.74, 6) is -0.391. The minimum Gasteiger partial charge on any atom is -0.463 e. The molecule has 1 rings (SSSR count). The van der Waals surface area contributed by atoms with Crippen molar-refractivity contribution < 1.29 is 23.6 Å². The zero-order chi connectivity index (χ0) is 21.4. The Balaban J connectivity index is 2.41. The molecule has 0 spiro atoms. The largest absolute Gasteiger partial charge is 0.463 e. The topological polar surface area (TPSA) is 75.7 Å². The van der Waals surface area contributed by atoms with E-state index in [0.717, 1.165) is 30.4 Å². The van der Waals surface area contributed by atoms with Crippen molar-refractivity contribution >= 4 is 17.8 Å². The molecule has 0 saturated carbocycles. The predicted molar refractivity (Wildman–Crippen MR) is 109 cm³/mol. The van der Waals surface area contributed by atoms with E-state index < -0.39 is 5.41 Å². The summed E-state index contributed by atoms with van der Waals surface area (Å²) in [4.78, 5) is 38.4. The van der Waals surface area contributed by atoms with Gasteiger partial charge in [0, 0.05) is 31.8 Å². The summed E-state index contributed by atoms with van der Waals surface area (Å²) >= 11 is 0. The van der Waals surface area contributed by atoms with Crippen molar-refractivity contribution in [1.82, 2.24) is 10.2 Å². The van der Waals surface area contributed by atoms with Gasteiger partial charge < -0.3 is 19.4 Å². The highest BCUT2D eigenvalue weighted by Gasteiger charge is 2.34. The number of hydrogen-bond acceptors (Lipinski definition) is 4. The molecule has 1 N–H and O–H groups in total. The molecule has 1 atom stereocenters. The van der Waals surface area contributed by atoms with Gasteiger partial charge in [0.25, 0.3) is 0 Å². The van der Waals surface area contributed by atoms with Crippen molar-refractivity contribution in [3.05, 3.63) is 0 Å². The Morgan fingerprint density at radius 3 is 2.50 bits per heavy atom. The van der Waals surface area contributed by atoms with E-state index in [9.17, 15) is 14.4 Å². The Morgan fingerprint density at radius 2 is 1.96 bits per heavy atom. The molecule has 28 heavy (non-hydrogen) atoms. The Kier molecular flexibility index (Phi) is 9.40. The third kappa shape index (κ3) is 8.59. The number of rotatable bonds is 12. The summed E-state index contributed by atoms with van der Waals surface area (Å²) in [7, 11) is 6.39. The quantitative estimate of drug-likeness (QED) is 0.309. The van der Waals surface area contributed by atoms with Gasteiger partial charge in [-0.25, -0.2) is 0 Å². The third-order valence-corrected chi connectivity index (χ3v) is 5.24. The summed E-state index contributed by atoms with van der Waals surface area (Å²) in [5, 5.41) is 3.01. The molecule has 1 saturated heterocycles. The number of carbonyl (C=O) groups excluding carboxylic acids is 3. The molecule has 7 heteroatoms. The van der Waals surface area contributed by atoms with Gasteiger partial charge in [-0.1, -0.05) is 6.92 Å². The summed E-state index contributed by atoms with van der Waals surface area (Å²) in [6.45, 7) is 8.66. The number of hydrogen-bond donors (Lipinski definition) is 1.